The molecule has 1 unspecified atom stereocenters. The molecule has 158 valence electrons. The number of rotatable bonds is 9. The van der Waals surface area contributed by atoms with Crippen LogP contribution < -0.4 is 4.74 Å². The normalized spacial score (nSPS) is 20.9. The van der Waals surface area contributed by atoms with E-state index in [2.05, 4.69) is 90.3 Å². The molecule has 2 aromatic carbocycles. The van der Waals surface area contributed by atoms with Crippen LogP contribution in [-0.4, -0.2) is 54.8 Å². The van der Waals surface area contributed by atoms with Gasteiger partial charge in [0.25, 0.3) is 0 Å². The molecular formula is C25H37N3O. The summed E-state index contributed by atoms with van der Waals surface area (Å²) in [6, 6.07) is 19.7. The number of hydrogen-bond donors (Lipinski definition) is 0. The van der Waals surface area contributed by atoms with E-state index >= 15 is 0 Å². The third-order valence-corrected chi connectivity index (χ3v) is 6.31. The van der Waals surface area contributed by atoms with Gasteiger partial charge in [-0.05, 0) is 29.7 Å². The summed E-state index contributed by atoms with van der Waals surface area (Å²) in [6.07, 6.45) is 2.32. The number of methoxy groups -OCH3 is 1. The van der Waals surface area contributed by atoms with Gasteiger partial charge in [-0.2, -0.15) is 0 Å². The fourth-order valence-corrected chi connectivity index (χ4v) is 4.80. The highest BCUT2D eigenvalue weighted by Crippen LogP contribution is 2.38. The maximum absolute atomic E-state index is 5.35. The molecule has 0 saturated carbocycles. The lowest BCUT2D eigenvalue weighted by Crippen LogP contribution is -2.63. The standard InChI is InChI=1S/C25H37N3O/c1-5-17-25(23-11-9-8-10-12-23)21-28(27(6-2)7-3)19-18-26(25)20-22-13-15-24(29-4)16-14-22/h8-16H,5-7,17-21H2,1-4H3. The minimum atomic E-state index is 0.0246. The van der Waals surface area contributed by atoms with Gasteiger partial charge in [0.1, 0.15) is 5.75 Å². The summed E-state index contributed by atoms with van der Waals surface area (Å²) >= 11 is 0. The van der Waals surface area contributed by atoms with Crippen LogP contribution >= 0.6 is 0 Å². The van der Waals surface area contributed by atoms with Gasteiger partial charge in [-0.15, -0.1) is 0 Å². The summed E-state index contributed by atoms with van der Waals surface area (Å²) < 4.78 is 5.35. The Balaban J connectivity index is 1.95. The zero-order valence-electron chi connectivity index (χ0n) is 18.6. The highest BCUT2D eigenvalue weighted by molar-refractivity contribution is 5.30. The number of ether oxygens (including phenoxy) is 1. The Kier molecular flexibility index (Phi) is 7.70. The Morgan fingerprint density at radius 3 is 2.21 bits per heavy atom. The van der Waals surface area contributed by atoms with Crippen molar-refractivity contribution in [3.8, 4) is 5.75 Å². The van der Waals surface area contributed by atoms with Crippen LogP contribution in [0.1, 0.15) is 44.7 Å². The zero-order valence-corrected chi connectivity index (χ0v) is 18.6. The summed E-state index contributed by atoms with van der Waals surface area (Å²) in [7, 11) is 1.73. The molecule has 1 aliphatic rings. The Hall–Kier alpha value is -1.88. The minimum absolute atomic E-state index is 0.0246. The first-order chi connectivity index (χ1) is 14.2. The highest BCUT2D eigenvalue weighted by atomic mass is 16.5. The molecule has 2 aromatic rings. The summed E-state index contributed by atoms with van der Waals surface area (Å²) in [5, 5.41) is 5.09. The van der Waals surface area contributed by atoms with Crippen molar-refractivity contribution in [1.82, 2.24) is 14.9 Å². The van der Waals surface area contributed by atoms with Gasteiger partial charge >= 0.3 is 0 Å². The van der Waals surface area contributed by atoms with E-state index in [-0.39, 0.29) is 5.54 Å². The summed E-state index contributed by atoms with van der Waals surface area (Å²) in [5.74, 6) is 0.919. The molecular weight excluding hydrogens is 358 g/mol. The molecule has 1 heterocycles. The maximum Gasteiger partial charge on any atom is 0.118 e. The predicted octanol–water partition coefficient (Wildman–Crippen LogP) is 4.77. The number of hydrazine groups is 1. The van der Waals surface area contributed by atoms with Crippen LogP contribution in [0.25, 0.3) is 0 Å². The van der Waals surface area contributed by atoms with Crippen LogP contribution in [-0.2, 0) is 12.1 Å². The third kappa shape index (κ3) is 4.82. The van der Waals surface area contributed by atoms with E-state index in [4.69, 9.17) is 4.74 Å². The first kappa shape index (κ1) is 21.8. The second kappa shape index (κ2) is 10.2. The van der Waals surface area contributed by atoms with Crippen LogP contribution in [0.3, 0.4) is 0 Å². The third-order valence-electron chi connectivity index (χ3n) is 6.31. The monoisotopic (exact) mass is 395 g/mol. The van der Waals surface area contributed by atoms with Gasteiger partial charge in [0.2, 0.25) is 0 Å². The summed E-state index contributed by atoms with van der Waals surface area (Å²) in [5.41, 5.74) is 2.81. The highest BCUT2D eigenvalue weighted by Gasteiger charge is 2.43. The Morgan fingerprint density at radius 2 is 1.62 bits per heavy atom. The molecule has 1 fully saturated rings. The quantitative estimate of drug-likeness (QED) is 0.609. The van der Waals surface area contributed by atoms with E-state index in [0.29, 0.717) is 0 Å². The lowest BCUT2D eigenvalue weighted by atomic mass is 9.81. The fourth-order valence-electron chi connectivity index (χ4n) is 4.80. The first-order valence-corrected chi connectivity index (χ1v) is 11.1. The van der Waals surface area contributed by atoms with Gasteiger partial charge in [0, 0.05) is 39.3 Å². The molecule has 4 nitrogen and oxygen atoms in total. The van der Waals surface area contributed by atoms with Crippen molar-refractivity contribution < 1.29 is 4.74 Å². The molecule has 1 atom stereocenters. The first-order valence-electron chi connectivity index (χ1n) is 11.1. The second-order valence-electron chi connectivity index (χ2n) is 7.94. The van der Waals surface area contributed by atoms with Crippen LogP contribution in [0.4, 0.5) is 0 Å². The zero-order chi connectivity index (χ0) is 20.7. The van der Waals surface area contributed by atoms with Crippen molar-refractivity contribution in [1.29, 1.82) is 0 Å². The molecule has 0 N–H and O–H groups in total. The average molecular weight is 396 g/mol. The maximum atomic E-state index is 5.35. The topological polar surface area (TPSA) is 19.0 Å². The van der Waals surface area contributed by atoms with E-state index in [1.807, 2.05) is 0 Å². The molecule has 0 bridgehead atoms. The van der Waals surface area contributed by atoms with Crippen LogP contribution in [0, 0.1) is 0 Å². The van der Waals surface area contributed by atoms with Crippen LogP contribution in [0.5, 0.6) is 5.75 Å². The molecule has 0 aliphatic carbocycles. The molecule has 0 aromatic heterocycles. The van der Waals surface area contributed by atoms with Crippen molar-refractivity contribution >= 4 is 0 Å². The van der Waals surface area contributed by atoms with Crippen molar-refractivity contribution in [2.24, 2.45) is 0 Å². The predicted molar refractivity (Wildman–Crippen MR) is 121 cm³/mol. The molecule has 0 spiro atoms. The summed E-state index contributed by atoms with van der Waals surface area (Å²) in [6.45, 7) is 13.1. The molecule has 0 amide bonds. The SMILES string of the molecule is CCCC1(c2ccccc2)CN(N(CC)CC)CCN1Cc1ccc(OC)cc1. The largest absolute Gasteiger partial charge is 0.497 e. The Labute approximate surface area is 177 Å². The molecule has 1 aliphatic heterocycles. The van der Waals surface area contributed by atoms with Crippen LogP contribution in [0.15, 0.2) is 54.6 Å². The van der Waals surface area contributed by atoms with Gasteiger partial charge < -0.3 is 4.74 Å². The molecule has 1 saturated heterocycles. The van der Waals surface area contributed by atoms with Gasteiger partial charge in [0.05, 0.1) is 12.6 Å². The Bertz CT molecular complexity index is 729. The average Bonchev–Trinajstić information content (AvgIpc) is 2.77. The van der Waals surface area contributed by atoms with E-state index in [9.17, 15) is 0 Å². The van der Waals surface area contributed by atoms with E-state index in [1.165, 1.54) is 17.5 Å². The van der Waals surface area contributed by atoms with Gasteiger partial charge in [0.15, 0.2) is 0 Å². The fraction of sp³-hybridized carbons (Fsp3) is 0.520. The summed E-state index contributed by atoms with van der Waals surface area (Å²) in [4.78, 5) is 2.72. The van der Waals surface area contributed by atoms with Crippen molar-refractivity contribution in [2.75, 3.05) is 39.8 Å². The van der Waals surface area contributed by atoms with Gasteiger partial charge in [-0.1, -0.05) is 69.7 Å². The molecule has 4 heteroatoms. The Morgan fingerprint density at radius 1 is 0.931 bits per heavy atom. The van der Waals surface area contributed by atoms with Crippen molar-refractivity contribution in [2.45, 2.75) is 45.7 Å². The second-order valence-corrected chi connectivity index (χ2v) is 7.94. The van der Waals surface area contributed by atoms with Gasteiger partial charge in [-0.3, -0.25) is 4.90 Å². The lowest BCUT2D eigenvalue weighted by Gasteiger charge is -2.53. The van der Waals surface area contributed by atoms with Crippen molar-refractivity contribution in [3.63, 3.8) is 0 Å². The number of hydrogen-bond acceptors (Lipinski definition) is 4. The molecule has 29 heavy (non-hydrogen) atoms. The molecule has 0 radical (unpaired) electrons. The number of benzene rings is 2. The molecule has 3 rings (SSSR count). The van der Waals surface area contributed by atoms with Crippen LogP contribution in [0.2, 0.25) is 0 Å². The minimum Gasteiger partial charge on any atom is -0.497 e. The lowest BCUT2D eigenvalue weighted by molar-refractivity contribution is -0.115. The van der Waals surface area contributed by atoms with E-state index in [1.54, 1.807) is 7.11 Å². The number of nitrogens with zero attached hydrogens (tertiary/aromatic N) is 3. The van der Waals surface area contributed by atoms with Gasteiger partial charge in [-0.25, -0.2) is 10.0 Å². The smallest absolute Gasteiger partial charge is 0.118 e. The van der Waals surface area contributed by atoms with Crippen molar-refractivity contribution in [3.05, 3.63) is 65.7 Å². The number of piperazine rings is 1. The van der Waals surface area contributed by atoms with E-state index in [0.717, 1.165) is 51.4 Å². The van der Waals surface area contributed by atoms with E-state index < -0.39 is 0 Å².